The van der Waals surface area contributed by atoms with E-state index in [0.29, 0.717) is 19.4 Å². The molecule has 6 nitrogen and oxygen atoms in total. The summed E-state index contributed by atoms with van der Waals surface area (Å²) in [6, 6.07) is 0. The van der Waals surface area contributed by atoms with Crippen LogP contribution in [0.1, 0.15) is 277 Å². The Bertz CT molecular complexity index is 655. The summed E-state index contributed by atoms with van der Waals surface area (Å²) in [7, 11) is 0. The Balaban J connectivity index is -0.000000423. The second-order valence-corrected chi connectivity index (χ2v) is 14.9. The SMILES string of the molecule is CC.CC.CCC.CCC.CCC.CCCCCCCCC(C)OC(=O)CCCCCN(CCO)CCCCCCCC(=O)OC(CC)CCCCCCCC. The van der Waals surface area contributed by atoms with Gasteiger partial charge < -0.3 is 19.5 Å². The van der Waals surface area contributed by atoms with Crippen LogP contribution in [0.3, 0.4) is 0 Å². The third kappa shape index (κ3) is 67.6. The fourth-order valence-electron chi connectivity index (χ4n) is 5.69. The maximum absolute atomic E-state index is 12.3. The molecule has 0 fully saturated rings. The minimum atomic E-state index is -0.0580. The van der Waals surface area contributed by atoms with Crippen molar-refractivity contribution in [2.75, 3.05) is 26.2 Å². The first kappa shape index (κ1) is 66.7. The van der Waals surface area contributed by atoms with Gasteiger partial charge in [-0.3, -0.25) is 9.59 Å². The van der Waals surface area contributed by atoms with E-state index in [1.54, 1.807) is 0 Å². The molecule has 0 aromatic carbocycles. The van der Waals surface area contributed by atoms with Crippen LogP contribution in [0, 0.1) is 0 Å². The number of unbranched alkanes of at least 4 members (excludes halogenated alkanes) is 16. The highest BCUT2D eigenvalue weighted by molar-refractivity contribution is 5.69. The van der Waals surface area contributed by atoms with Gasteiger partial charge in [-0.05, 0) is 77.8 Å². The van der Waals surface area contributed by atoms with Crippen molar-refractivity contribution < 1.29 is 24.2 Å². The normalized spacial score (nSPS) is 11.1. The first-order chi connectivity index (χ1) is 27.2. The number of ether oxygens (including phenoxy) is 2. The monoisotopic (exact) mass is 804 g/mol. The zero-order valence-corrected chi connectivity index (χ0v) is 41.3. The minimum absolute atomic E-state index is 0.0251. The van der Waals surface area contributed by atoms with E-state index in [-0.39, 0.29) is 30.8 Å². The zero-order valence-electron chi connectivity index (χ0n) is 41.3. The maximum atomic E-state index is 12.3. The number of aliphatic hydroxyl groups excluding tert-OH is 1. The molecule has 0 saturated heterocycles. The van der Waals surface area contributed by atoms with Gasteiger partial charge in [0.25, 0.3) is 0 Å². The van der Waals surface area contributed by atoms with E-state index in [4.69, 9.17) is 9.47 Å². The van der Waals surface area contributed by atoms with E-state index >= 15 is 0 Å². The Kier molecular flexibility index (Phi) is 78.2. The van der Waals surface area contributed by atoms with Crippen molar-refractivity contribution in [3.63, 3.8) is 0 Å². The Morgan fingerprint density at radius 2 is 0.804 bits per heavy atom. The van der Waals surface area contributed by atoms with Gasteiger partial charge in [0, 0.05) is 19.4 Å². The molecule has 0 aromatic heterocycles. The summed E-state index contributed by atoms with van der Waals surface area (Å²) in [5.74, 6) is -0.0831. The van der Waals surface area contributed by atoms with Crippen LogP contribution < -0.4 is 0 Å². The lowest BCUT2D eigenvalue weighted by Gasteiger charge is -2.21. The van der Waals surface area contributed by atoms with Crippen molar-refractivity contribution in [1.82, 2.24) is 4.90 Å². The van der Waals surface area contributed by atoms with Gasteiger partial charge in [-0.15, -0.1) is 0 Å². The standard InChI is InChI=1S/C37H73NO5.3C3H8.2C2H6/c1-5-8-10-12-15-20-26-34(4)42-36(40)28-23-19-25-31-38(32-33-39)30-24-18-14-17-22-29-37(41)43-35(7-3)27-21-16-13-11-9-6-2;3*1-3-2;2*1-2/h34-35,39H,5-33H2,1-4H3;3*3H2,1-2H3;2*1-2H3. The predicted molar refractivity (Wildman–Crippen MR) is 252 cm³/mol. The number of aliphatic hydroxyl groups is 1. The quantitative estimate of drug-likeness (QED) is 0.0526. The Hall–Kier alpha value is -1.14. The average molecular weight is 804 g/mol. The zero-order chi connectivity index (χ0) is 43.9. The topological polar surface area (TPSA) is 76.1 Å². The molecule has 1 N–H and O–H groups in total. The summed E-state index contributed by atoms with van der Waals surface area (Å²) in [6.07, 6.45) is 31.3. The number of hydrogen-bond donors (Lipinski definition) is 1. The van der Waals surface area contributed by atoms with E-state index in [2.05, 4.69) is 67.2 Å². The van der Waals surface area contributed by atoms with Crippen LogP contribution in [0.4, 0.5) is 0 Å². The highest BCUT2D eigenvalue weighted by Gasteiger charge is 2.13. The predicted octanol–water partition coefficient (Wildman–Crippen LogP) is 16.2. The van der Waals surface area contributed by atoms with E-state index in [1.165, 1.54) is 83.5 Å². The summed E-state index contributed by atoms with van der Waals surface area (Å²) >= 11 is 0. The van der Waals surface area contributed by atoms with Crippen LogP contribution in [0.15, 0.2) is 0 Å². The molecule has 0 saturated carbocycles. The molecule has 0 spiro atoms. The Morgan fingerprint density at radius 3 is 1.21 bits per heavy atom. The fourth-order valence-corrected chi connectivity index (χ4v) is 5.69. The van der Waals surface area contributed by atoms with Crippen LogP contribution in [0.5, 0.6) is 0 Å². The van der Waals surface area contributed by atoms with Crippen molar-refractivity contribution in [1.29, 1.82) is 0 Å². The van der Waals surface area contributed by atoms with Gasteiger partial charge >= 0.3 is 11.9 Å². The lowest BCUT2D eigenvalue weighted by Crippen LogP contribution is -2.29. The largest absolute Gasteiger partial charge is 0.463 e. The summed E-state index contributed by atoms with van der Waals surface area (Å²) in [6.45, 7) is 32.2. The van der Waals surface area contributed by atoms with E-state index < -0.39 is 0 Å². The van der Waals surface area contributed by atoms with Crippen LogP contribution in [0.25, 0.3) is 0 Å². The number of nitrogens with zero attached hydrogens (tertiary/aromatic N) is 1. The highest BCUT2D eigenvalue weighted by Crippen LogP contribution is 2.15. The van der Waals surface area contributed by atoms with Gasteiger partial charge in [0.15, 0.2) is 0 Å². The molecule has 0 radical (unpaired) electrons. The van der Waals surface area contributed by atoms with E-state index in [9.17, 15) is 14.7 Å². The molecular formula is C50H109NO5. The smallest absolute Gasteiger partial charge is 0.306 e. The third-order valence-electron chi connectivity index (χ3n) is 8.56. The van der Waals surface area contributed by atoms with Gasteiger partial charge in [-0.2, -0.15) is 0 Å². The van der Waals surface area contributed by atoms with Crippen molar-refractivity contribution in [2.24, 2.45) is 0 Å². The molecule has 0 bridgehead atoms. The van der Waals surface area contributed by atoms with Crippen molar-refractivity contribution in [3.8, 4) is 0 Å². The number of esters is 2. The van der Waals surface area contributed by atoms with Gasteiger partial charge in [0.1, 0.15) is 6.10 Å². The van der Waals surface area contributed by atoms with Gasteiger partial charge in [-0.1, -0.05) is 199 Å². The number of carbonyl (C=O) groups excluding carboxylic acids is 2. The molecule has 2 atom stereocenters. The first-order valence-electron chi connectivity index (χ1n) is 24.9. The second-order valence-electron chi connectivity index (χ2n) is 14.9. The van der Waals surface area contributed by atoms with Crippen molar-refractivity contribution in [3.05, 3.63) is 0 Å². The number of carbonyl (C=O) groups is 2. The third-order valence-corrected chi connectivity index (χ3v) is 8.56. The molecule has 0 aliphatic carbocycles. The molecule has 0 heterocycles. The van der Waals surface area contributed by atoms with Crippen LogP contribution in [0.2, 0.25) is 0 Å². The summed E-state index contributed by atoms with van der Waals surface area (Å²) in [4.78, 5) is 26.8. The molecule has 0 aromatic rings. The Morgan fingerprint density at radius 1 is 0.464 bits per heavy atom. The molecule has 56 heavy (non-hydrogen) atoms. The fraction of sp³-hybridized carbons (Fsp3) is 0.960. The van der Waals surface area contributed by atoms with Gasteiger partial charge in [0.05, 0.1) is 12.7 Å². The molecule has 0 aliphatic rings. The first-order valence-corrected chi connectivity index (χ1v) is 24.9. The molecule has 2 unspecified atom stereocenters. The molecule has 0 rings (SSSR count). The lowest BCUT2D eigenvalue weighted by molar-refractivity contribution is -0.150. The van der Waals surface area contributed by atoms with E-state index in [1.807, 2.05) is 34.6 Å². The van der Waals surface area contributed by atoms with Crippen LogP contribution >= 0.6 is 0 Å². The molecular weight excluding hydrogens is 695 g/mol. The molecule has 6 heteroatoms. The second kappa shape index (κ2) is 65.7. The molecule has 0 aliphatic heterocycles. The lowest BCUT2D eigenvalue weighted by atomic mass is 10.1. The average Bonchev–Trinajstić information content (AvgIpc) is 3.19. The minimum Gasteiger partial charge on any atom is -0.463 e. The van der Waals surface area contributed by atoms with Gasteiger partial charge in [0.2, 0.25) is 0 Å². The summed E-state index contributed by atoms with van der Waals surface area (Å²) in [5, 5.41) is 9.46. The molecule has 344 valence electrons. The number of hydrogen-bond acceptors (Lipinski definition) is 6. The van der Waals surface area contributed by atoms with Crippen LogP contribution in [-0.4, -0.2) is 60.4 Å². The Labute approximate surface area is 355 Å². The molecule has 0 amide bonds. The van der Waals surface area contributed by atoms with Gasteiger partial charge in [-0.25, -0.2) is 0 Å². The summed E-state index contributed by atoms with van der Waals surface area (Å²) in [5.41, 5.74) is 0. The number of rotatable bonds is 33. The van der Waals surface area contributed by atoms with Crippen LogP contribution in [-0.2, 0) is 19.1 Å². The highest BCUT2D eigenvalue weighted by atomic mass is 16.5. The maximum Gasteiger partial charge on any atom is 0.306 e. The summed E-state index contributed by atoms with van der Waals surface area (Å²) < 4.78 is 11.3. The van der Waals surface area contributed by atoms with Crippen molar-refractivity contribution in [2.45, 2.75) is 289 Å². The van der Waals surface area contributed by atoms with E-state index in [0.717, 1.165) is 96.6 Å². The van der Waals surface area contributed by atoms with Crippen molar-refractivity contribution >= 4 is 11.9 Å².